The highest BCUT2D eigenvalue weighted by Crippen LogP contribution is 2.28. The Balaban J connectivity index is 2.60. The number of para-hydroxylation sites is 1. The van der Waals surface area contributed by atoms with Crippen molar-refractivity contribution in [2.75, 3.05) is 0 Å². The lowest BCUT2D eigenvalue weighted by atomic mass is 9.88. The lowest BCUT2D eigenvalue weighted by Crippen LogP contribution is -2.02. The number of hydrogen-bond donors (Lipinski definition) is 0. The number of aromatic nitrogens is 1. The second-order valence-electron chi connectivity index (χ2n) is 4.45. The molecule has 0 saturated carbocycles. The first kappa shape index (κ1) is 10.2. The van der Waals surface area contributed by atoms with Crippen molar-refractivity contribution in [1.29, 1.82) is 0 Å². The van der Waals surface area contributed by atoms with Gasteiger partial charge in [0.1, 0.15) is 0 Å². The Morgan fingerprint density at radius 2 is 1.73 bits per heavy atom. The zero-order valence-electron chi connectivity index (χ0n) is 9.57. The van der Waals surface area contributed by atoms with Crippen molar-refractivity contribution in [3.05, 3.63) is 42.1 Å². The van der Waals surface area contributed by atoms with Gasteiger partial charge in [0.2, 0.25) is 0 Å². The summed E-state index contributed by atoms with van der Waals surface area (Å²) < 4.78 is 0. The minimum absolute atomic E-state index is 0.581. The number of rotatable bonds is 2. The Morgan fingerprint density at radius 3 is 2.47 bits per heavy atom. The molecule has 0 amide bonds. The summed E-state index contributed by atoms with van der Waals surface area (Å²) in [6, 6.07) is 10.5. The van der Waals surface area contributed by atoms with E-state index in [-0.39, 0.29) is 0 Å². The van der Waals surface area contributed by atoms with Crippen LogP contribution in [0.1, 0.15) is 32.3 Å². The molecular formula is C14H17N. The van der Waals surface area contributed by atoms with E-state index in [4.69, 9.17) is 0 Å². The van der Waals surface area contributed by atoms with Crippen LogP contribution in [0, 0.1) is 5.92 Å². The summed E-state index contributed by atoms with van der Waals surface area (Å²) in [6.45, 7) is 6.81. The zero-order valence-corrected chi connectivity index (χ0v) is 9.57. The van der Waals surface area contributed by atoms with E-state index in [0.717, 1.165) is 5.52 Å². The van der Waals surface area contributed by atoms with Gasteiger partial charge in [-0.05, 0) is 29.5 Å². The third kappa shape index (κ3) is 1.87. The molecule has 0 radical (unpaired) electrons. The molecule has 1 heteroatoms. The van der Waals surface area contributed by atoms with Crippen LogP contribution < -0.4 is 0 Å². The van der Waals surface area contributed by atoms with Crippen molar-refractivity contribution in [1.82, 2.24) is 4.98 Å². The fourth-order valence-corrected chi connectivity index (χ4v) is 1.87. The zero-order chi connectivity index (χ0) is 10.8. The second-order valence-corrected chi connectivity index (χ2v) is 4.45. The van der Waals surface area contributed by atoms with E-state index >= 15 is 0 Å². The number of benzene rings is 1. The molecule has 1 aromatic carbocycles. The third-order valence-electron chi connectivity index (χ3n) is 3.17. The van der Waals surface area contributed by atoms with Crippen LogP contribution in [0.15, 0.2) is 36.5 Å². The van der Waals surface area contributed by atoms with Crippen molar-refractivity contribution in [2.45, 2.75) is 26.7 Å². The molecule has 1 aromatic heterocycles. The molecule has 1 nitrogen and oxygen atoms in total. The fraction of sp³-hybridized carbons (Fsp3) is 0.357. The highest BCUT2D eigenvalue weighted by molar-refractivity contribution is 5.82. The molecular weight excluding hydrogens is 182 g/mol. The molecule has 1 atom stereocenters. The van der Waals surface area contributed by atoms with Crippen LogP contribution in [0.25, 0.3) is 10.9 Å². The molecule has 2 rings (SSSR count). The van der Waals surface area contributed by atoms with Crippen molar-refractivity contribution in [3.63, 3.8) is 0 Å². The summed E-state index contributed by atoms with van der Waals surface area (Å²) >= 11 is 0. The van der Waals surface area contributed by atoms with E-state index < -0.39 is 0 Å². The number of hydrogen-bond acceptors (Lipinski definition) is 1. The molecule has 0 N–H and O–H groups in total. The van der Waals surface area contributed by atoms with Crippen molar-refractivity contribution in [2.24, 2.45) is 5.92 Å². The number of fused-ring (bicyclic) bond motifs is 1. The molecule has 0 saturated heterocycles. The van der Waals surface area contributed by atoms with Crippen LogP contribution >= 0.6 is 0 Å². The molecule has 0 aliphatic rings. The molecule has 0 bridgehead atoms. The predicted octanol–water partition coefficient (Wildman–Crippen LogP) is 3.99. The third-order valence-corrected chi connectivity index (χ3v) is 3.17. The summed E-state index contributed by atoms with van der Waals surface area (Å²) in [5.74, 6) is 1.24. The van der Waals surface area contributed by atoms with Crippen molar-refractivity contribution < 1.29 is 0 Å². The van der Waals surface area contributed by atoms with Gasteiger partial charge in [-0.1, -0.05) is 39.0 Å². The van der Waals surface area contributed by atoms with Crippen molar-refractivity contribution >= 4 is 10.9 Å². The smallest absolute Gasteiger partial charge is 0.0704 e. The Morgan fingerprint density at radius 1 is 1.00 bits per heavy atom. The fourth-order valence-electron chi connectivity index (χ4n) is 1.87. The van der Waals surface area contributed by atoms with Crippen LogP contribution in [0.2, 0.25) is 0 Å². The van der Waals surface area contributed by atoms with Crippen molar-refractivity contribution in [3.8, 4) is 0 Å². The van der Waals surface area contributed by atoms with E-state index in [1.807, 2.05) is 12.3 Å². The Labute approximate surface area is 91.2 Å². The van der Waals surface area contributed by atoms with Gasteiger partial charge < -0.3 is 0 Å². The number of nitrogens with zero attached hydrogens (tertiary/aromatic N) is 1. The second kappa shape index (κ2) is 4.01. The van der Waals surface area contributed by atoms with Gasteiger partial charge in [0.25, 0.3) is 0 Å². The summed E-state index contributed by atoms with van der Waals surface area (Å²) in [5, 5.41) is 1.29. The van der Waals surface area contributed by atoms with Gasteiger partial charge in [-0.15, -0.1) is 0 Å². The maximum Gasteiger partial charge on any atom is 0.0704 e. The molecule has 1 heterocycles. The van der Waals surface area contributed by atoms with Gasteiger partial charge in [0, 0.05) is 11.6 Å². The van der Waals surface area contributed by atoms with Gasteiger partial charge in [-0.25, -0.2) is 0 Å². The normalized spacial score (nSPS) is 13.3. The first-order valence-electron chi connectivity index (χ1n) is 5.54. The van der Waals surface area contributed by atoms with Crippen LogP contribution in [-0.2, 0) is 0 Å². The van der Waals surface area contributed by atoms with E-state index in [1.54, 1.807) is 0 Å². The summed E-state index contributed by atoms with van der Waals surface area (Å²) in [6.07, 6.45) is 1.91. The van der Waals surface area contributed by atoms with Gasteiger partial charge in [0.15, 0.2) is 0 Å². The average Bonchev–Trinajstić information content (AvgIpc) is 2.27. The van der Waals surface area contributed by atoms with E-state index in [0.29, 0.717) is 11.8 Å². The Hall–Kier alpha value is -1.37. The monoisotopic (exact) mass is 199 g/mol. The lowest BCUT2D eigenvalue weighted by Gasteiger charge is -2.17. The molecule has 1 unspecified atom stereocenters. The first-order valence-corrected chi connectivity index (χ1v) is 5.54. The topological polar surface area (TPSA) is 12.9 Å². The van der Waals surface area contributed by atoms with E-state index in [9.17, 15) is 0 Å². The van der Waals surface area contributed by atoms with Gasteiger partial charge in [0.05, 0.1) is 5.52 Å². The van der Waals surface area contributed by atoms with Crippen LogP contribution in [0.4, 0.5) is 0 Å². The standard InChI is InChI=1S/C14H17N/c1-10(2)11(3)12-8-9-15-14-7-5-4-6-13(12)14/h4-11H,1-3H3. The van der Waals surface area contributed by atoms with Gasteiger partial charge in [-0.3, -0.25) is 4.98 Å². The van der Waals surface area contributed by atoms with E-state index in [2.05, 4.69) is 50.0 Å². The summed E-state index contributed by atoms with van der Waals surface area (Å²) in [7, 11) is 0. The maximum atomic E-state index is 4.38. The minimum Gasteiger partial charge on any atom is -0.256 e. The number of pyridine rings is 1. The molecule has 2 aromatic rings. The van der Waals surface area contributed by atoms with Crippen LogP contribution in [0.5, 0.6) is 0 Å². The summed E-state index contributed by atoms with van der Waals surface area (Å²) in [5.41, 5.74) is 2.51. The first-order chi connectivity index (χ1) is 7.20. The van der Waals surface area contributed by atoms with Crippen LogP contribution in [-0.4, -0.2) is 4.98 Å². The van der Waals surface area contributed by atoms with Gasteiger partial charge >= 0.3 is 0 Å². The molecule has 0 spiro atoms. The largest absolute Gasteiger partial charge is 0.256 e. The minimum atomic E-state index is 0.581. The molecule has 0 aliphatic carbocycles. The average molecular weight is 199 g/mol. The predicted molar refractivity (Wildman–Crippen MR) is 65.0 cm³/mol. The molecule has 15 heavy (non-hydrogen) atoms. The highest BCUT2D eigenvalue weighted by atomic mass is 14.6. The lowest BCUT2D eigenvalue weighted by molar-refractivity contribution is 0.538. The van der Waals surface area contributed by atoms with Crippen LogP contribution in [0.3, 0.4) is 0 Å². The van der Waals surface area contributed by atoms with Gasteiger partial charge in [-0.2, -0.15) is 0 Å². The molecule has 0 aliphatic heterocycles. The molecule has 0 fully saturated rings. The summed E-state index contributed by atoms with van der Waals surface area (Å²) in [4.78, 5) is 4.38. The Kier molecular flexibility index (Phi) is 2.72. The SMILES string of the molecule is CC(C)C(C)c1ccnc2ccccc12. The quantitative estimate of drug-likeness (QED) is 0.712. The highest BCUT2D eigenvalue weighted by Gasteiger charge is 2.12. The Bertz CT molecular complexity index is 454. The van der Waals surface area contributed by atoms with E-state index in [1.165, 1.54) is 10.9 Å². The molecule has 78 valence electrons. The maximum absolute atomic E-state index is 4.38.